The first kappa shape index (κ1) is 18.9. The molecular formula is C20H17FN4O4S. The van der Waals surface area contributed by atoms with Gasteiger partial charge < -0.3 is 9.42 Å². The zero-order chi connectivity index (χ0) is 20.9. The molecule has 1 spiro atoms. The van der Waals surface area contributed by atoms with Crippen molar-refractivity contribution in [3.63, 3.8) is 0 Å². The Morgan fingerprint density at radius 1 is 1.17 bits per heavy atom. The Balaban J connectivity index is 1.41. The maximum atomic E-state index is 13.1. The molecule has 1 aromatic carbocycles. The van der Waals surface area contributed by atoms with Crippen LogP contribution >= 0.6 is 0 Å². The van der Waals surface area contributed by atoms with Gasteiger partial charge in [-0.15, -0.1) is 0 Å². The highest BCUT2D eigenvalue weighted by molar-refractivity contribution is 7.93. The van der Waals surface area contributed by atoms with E-state index < -0.39 is 32.2 Å². The maximum absolute atomic E-state index is 13.1. The second-order valence-corrected chi connectivity index (χ2v) is 10.0. The Bertz CT molecular complexity index is 1210. The number of rotatable bonds is 3. The molecule has 30 heavy (non-hydrogen) atoms. The molecule has 2 aliphatic rings. The van der Waals surface area contributed by atoms with Gasteiger partial charge in [0.25, 0.3) is 5.91 Å². The van der Waals surface area contributed by atoms with Crippen LogP contribution in [0, 0.1) is 5.82 Å². The first-order valence-corrected chi connectivity index (χ1v) is 11.1. The summed E-state index contributed by atoms with van der Waals surface area (Å²) in [6.07, 6.45) is 1.32. The van der Waals surface area contributed by atoms with Gasteiger partial charge in [-0.2, -0.15) is 4.98 Å². The third-order valence-corrected chi connectivity index (χ3v) is 8.41. The fourth-order valence-electron chi connectivity index (χ4n) is 4.21. The van der Waals surface area contributed by atoms with E-state index in [9.17, 15) is 17.6 Å². The van der Waals surface area contributed by atoms with Crippen molar-refractivity contribution in [2.45, 2.75) is 17.1 Å². The Hall–Kier alpha value is -3.14. The molecule has 2 fully saturated rings. The number of nitrogens with zero attached hydrogens (tertiary/aromatic N) is 4. The van der Waals surface area contributed by atoms with Gasteiger partial charge in [0.05, 0.1) is 17.9 Å². The van der Waals surface area contributed by atoms with Crippen molar-refractivity contribution in [1.29, 1.82) is 0 Å². The minimum absolute atomic E-state index is 0.00243. The molecule has 1 atom stereocenters. The van der Waals surface area contributed by atoms with Crippen molar-refractivity contribution in [3.05, 3.63) is 66.1 Å². The van der Waals surface area contributed by atoms with Gasteiger partial charge in [0.1, 0.15) is 16.3 Å². The summed E-state index contributed by atoms with van der Waals surface area (Å²) in [7, 11) is -3.46. The zero-order valence-electron chi connectivity index (χ0n) is 15.7. The molecule has 0 aliphatic carbocycles. The van der Waals surface area contributed by atoms with Crippen LogP contribution in [0.15, 0.2) is 53.2 Å². The number of amides is 1. The molecule has 1 amide bonds. The van der Waals surface area contributed by atoms with Crippen LogP contribution < -0.4 is 0 Å². The highest BCUT2D eigenvalue weighted by atomic mass is 32.2. The predicted octanol–water partition coefficient (Wildman–Crippen LogP) is 2.07. The number of halogens is 1. The van der Waals surface area contributed by atoms with Crippen molar-refractivity contribution >= 4 is 15.7 Å². The van der Waals surface area contributed by atoms with E-state index in [-0.39, 0.29) is 30.4 Å². The molecule has 2 aliphatic heterocycles. The van der Waals surface area contributed by atoms with Crippen LogP contribution in [-0.4, -0.2) is 57.9 Å². The second-order valence-electron chi connectivity index (χ2n) is 7.57. The topological polar surface area (TPSA) is 106 Å². The monoisotopic (exact) mass is 428 g/mol. The number of pyridine rings is 1. The summed E-state index contributed by atoms with van der Waals surface area (Å²) in [5, 5.41) is 4.01. The van der Waals surface area contributed by atoms with Gasteiger partial charge in [0.2, 0.25) is 11.7 Å². The Kier molecular flexibility index (Phi) is 4.21. The van der Waals surface area contributed by atoms with Gasteiger partial charge in [0.15, 0.2) is 9.84 Å². The van der Waals surface area contributed by atoms with E-state index in [0.29, 0.717) is 12.2 Å². The molecule has 2 saturated heterocycles. The quantitative estimate of drug-likeness (QED) is 0.629. The standard InChI is InChI=1S/C20H17FN4O4S/c21-14-6-7-16(22-10-14)19(26)25-11-20(12-25)15(8-9-30(20,27)28)18-23-17(24-29-18)13-4-2-1-3-5-13/h1-7,10,15H,8-9,11-12H2. The minimum atomic E-state index is -3.46. The molecule has 154 valence electrons. The summed E-state index contributed by atoms with van der Waals surface area (Å²) in [5.41, 5.74) is 0.845. The summed E-state index contributed by atoms with van der Waals surface area (Å²) in [6.45, 7) is 0.0296. The van der Waals surface area contributed by atoms with Crippen molar-refractivity contribution in [3.8, 4) is 11.4 Å². The Morgan fingerprint density at radius 3 is 2.63 bits per heavy atom. The summed E-state index contributed by atoms with van der Waals surface area (Å²) in [4.78, 5) is 22.3. The van der Waals surface area contributed by atoms with Gasteiger partial charge in [-0.1, -0.05) is 35.5 Å². The Labute approximate surface area is 171 Å². The number of likely N-dealkylation sites (tertiary alicyclic amines) is 1. The van der Waals surface area contributed by atoms with Crippen molar-refractivity contribution in [2.24, 2.45) is 0 Å². The van der Waals surface area contributed by atoms with E-state index in [2.05, 4.69) is 15.1 Å². The number of carbonyl (C=O) groups is 1. The lowest BCUT2D eigenvalue weighted by atomic mass is 9.83. The molecule has 8 nitrogen and oxygen atoms in total. The van der Waals surface area contributed by atoms with Gasteiger partial charge in [-0.25, -0.2) is 17.8 Å². The van der Waals surface area contributed by atoms with E-state index in [1.807, 2.05) is 30.3 Å². The van der Waals surface area contributed by atoms with Crippen LogP contribution in [0.25, 0.3) is 11.4 Å². The minimum Gasteiger partial charge on any atom is -0.339 e. The molecule has 0 N–H and O–H groups in total. The largest absolute Gasteiger partial charge is 0.339 e. The number of hydrogen-bond donors (Lipinski definition) is 0. The molecule has 0 saturated carbocycles. The maximum Gasteiger partial charge on any atom is 0.272 e. The van der Waals surface area contributed by atoms with E-state index in [0.717, 1.165) is 17.8 Å². The highest BCUT2D eigenvalue weighted by Crippen LogP contribution is 2.49. The number of aromatic nitrogens is 3. The molecular weight excluding hydrogens is 411 g/mol. The van der Waals surface area contributed by atoms with Crippen LogP contribution in [0.1, 0.15) is 28.7 Å². The van der Waals surface area contributed by atoms with Crippen LogP contribution in [-0.2, 0) is 9.84 Å². The molecule has 0 bridgehead atoms. The van der Waals surface area contributed by atoms with E-state index >= 15 is 0 Å². The summed E-state index contributed by atoms with van der Waals surface area (Å²) >= 11 is 0. The van der Waals surface area contributed by atoms with Crippen LogP contribution in [0.3, 0.4) is 0 Å². The molecule has 2 aromatic heterocycles. The molecule has 10 heteroatoms. The number of hydrogen-bond acceptors (Lipinski definition) is 7. The highest BCUT2D eigenvalue weighted by Gasteiger charge is 2.64. The van der Waals surface area contributed by atoms with Gasteiger partial charge in [-0.3, -0.25) is 4.79 Å². The van der Waals surface area contributed by atoms with Crippen LogP contribution in [0.4, 0.5) is 4.39 Å². The SMILES string of the molecule is O=C(c1ccc(F)cn1)N1CC2(C1)C(c1nc(-c3ccccc3)no1)CCS2(=O)=O. The van der Waals surface area contributed by atoms with E-state index in [1.165, 1.54) is 11.0 Å². The van der Waals surface area contributed by atoms with Crippen molar-refractivity contribution in [2.75, 3.05) is 18.8 Å². The van der Waals surface area contributed by atoms with Gasteiger partial charge in [-0.05, 0) is 18.6 Å². The molecule has 1 unspecified atom stereocenters. The lowest BCUT2D eigenvalue weighted by molar-refractivity contribution is 0.0498. The zero-order valence-corrected chi connectivity index (χ0v) is 16.5. The smallest absolute Gasteiger partial charge is 0.272 e. The van der Waals surface area contributed by atoms with Crippen LogP contribution in [0.2, 0.25) is 0 Å². The van der Waals surface area contributed by atoms with E-state index in [4.69, 9.17) is 4.52 Å². The first-order valence-electron chi connectivity index (χ1n) is 9.42. The predicted molar refractivity (Wildman–Crippen MR) is 104 cm³/mol. The lowest BCUT2D eigenvalue weighted by Gasteiger charge is -2.48. The normalized spacial score (nSPS) is 21.5. The number of benzene rings is 1. The average molecular weight is 428 g/mol. The molecule has 3 aromatic rings. The lowest BCUT2D eigenvalue weighted by Crippen LogP contribution is -2.67. The fraction of sp³-hybridized carbons (Fsp3) is 0.300. The summed E-state index contributed by atoms with van der Waals surface area (Å²) < 4.78 is 43.1. The van der Waals surface area contributed by atoms with Crippen molar-refractivity contribution < 1.29 is 22.1 Å². The molecule has 4 heterocycles. The van der Waals surface area contributed by atoms with Gasteiger partial charge >= 0.3 is 0 Å². The van der Waals surface area contributed by atoms with E-state index in [1.54, 1.807) is 0 Å². The first-order chi connectivity index (χ1) is 14.4. The summed E-state index contributed by atoms with van der Waals surface area (Å²) in [5.74, 6) is -0.808. The number of sulfone groups is 1. The Morgan fingerprint density at radius 2 is 1.93 bits per heavy atom. The number of carbonyl (C=O) groups excluding carboxylic acids is 1. The average Bonchev–Trinajstić information content (AvgIpc) is 3.29. The fourth-order valence-corrected chi connectivity index (χ4v) is 6.52. The second kappa shape index (κ2) is 6.69. The molecule has 0 radical (unpaired) electrons. The third-order valence-electron chi connectivity index (χ3n) is 5.85. The van der Waals surface area contributed by atoms with Crippen molar-refractivity contribution in [1.82, 2.24) is 20.0 Å². The summed E-state index contributed by atoms with van der Waals surface area (Å²) in [6, 6.07) is 11.7. The van der Waals surface area contributed by atoms with Gasteiger partial charge in [0, 0.05) is 18.7 Å². The third kappa shape index (κ3) is 2.82. The van der Waals surface area contributed by atoms with Crippen LogP contribution in [0.5, 0.6) is 0 Å². The molecule has 5 rings (SSSR count).